The van der Waals surface area contributed by atoms with Gasteiger partial charge < -0.3 is 15.0 Å². The topological polar surface area (TPSA) is 37.4 Å². The molecule has 2 aliphatic rings. The molecule has 0 atom stereocenters. The van der Waals surface area contributed by atoms with E-state index in [0.717, 1.165) is 30.5 Å². The molecule has 3 aromatic rings. The second-order valence-electron chi connectivity index (χ2n) is 8.29. The monoisotopic (exact) mass is 429 g/mol. The van der Waals surface area contributed by atoms with E-state index in [1.807, 2.05) is 29.8 Å². The van der Waals surface area contributed by atoms with Gasteiger partial charge in [0, 0.05) is 60.1 Å². The number of hydrogen-bond acceptors (Lipinski definition) is 6. The highest BCUT2D eigenvalue weighted by atomic mass is 32.1. The predicted octanol–water partition coefficient (Wildman–Crippen LogP) is 5.19. The minimum Gasteiger partial charge on any atom is -0.481 e. The van der Waals surface area contributed by atoms with Crippen molar-refractivity contribution in [3.63, 3.8) is 0 Å². The van der Waals surface area contributed by atoms with Crippen molar-refractivity contribution in [1.29, 1.82) is 0 Å². The first-order valence-corrected chi connectivity index (χ1v) is 12.4. The molecule has 3 aromatic heterocycles. The summed E-state index contributed by atoms with van der Waals surface area (Å²) in [7, 11) is 0. The van der Waals surface area contributed by atoms with Crippen molar-refractivity contribution in [2.75, 3.05) is 26.2 Å². The molecule has 29 heavy (non-hydrogen) atoms. The number of piperidine rings is 1. The summed E-state index contributed by atoms with van der Waals surface area (Å²) in [5, 5.41) is 7.88. The lowest BCUT2D eigenvalue weighted by atomic mass is 10.1. The molecule has 0 unspecified atom stereocenters. The molecule has 0 spiro atoms. The summed E-state index contributed by atoms with van der Waals surface area (Å²) >= 11 is 3.61. The molecule has 4 nitrogen and oxygen atoms in total. The molecule has 5 heterocycles. The van der Waals surface area contributed by atoms with E-state index in [1.165, 1.54) is 53.0 Å². The summed E-state index contributed by atoms with van der Waals surface area (Å²) in [4.78, 5) is 8.09. The number of pyridine rings is 1. The van der Waals surface area contributed by atoms with E-state index in [4.69, 9.17) is 4.74 Å². The van der Waals surface area contributed by atoms with Crippen LogP contribution in [0.25, 0.3) is 10.1 Å². The van der Waals surface area contributed by atoms with Crippen LogP contribution in [0.4, 0.5) is 0 Å². The van der Waals surface area contributed by atoms with Crippen molar-refractivity contribution in [3.05, 3.63) is 46.4 Å². The van der Waals surface area contributed by atoms with Crippen molar-refractivity contribution < 1.29 is 4.74 Å². The second-order valence-corrected chi connectivity index (χ2v) is 10.3. The van der Waals surface area contributed by atoms with Gasteiger partial charge in [0.1, 0.15) is 6.10 Å². The summed E-state index contributed by atoms with van der Waals surface area (Å²) in [6, 6.07) is 6.36. The van der Waals surface area contributed by atoms with Gasteiger partial charge >= 0.3 is 0 Å². The Morgan fingerprint density at radius 1 is 1.28 bits per heavy atom. The van der Waals surface area contributed by atoms with Crippen LogP contribution < -0.4 is 10.1 Å². The Balaban J connectivity index is 0.000000188. The molecule has 0 saturated carbocycles. The van der Waals surface area contributed by atoms with Gasteiger partial charge in [0.2, 0.25) is 0 Å². The molecule has 6 heteroatoms. The minimum atomic E-state index is 0.423. The third kappa shape index (κ3) is 5.79. The third-order valence-corrected chi connectivity index (χ3v) is 7.44. The van der Waals surface area contributed by atoms with Crippen LogP contribution in [-0.2, 0) is 13.0 Å². The maximum atomic E-state index is 6.23. The molecule has 5 rings (SSSR count). The normalized spacial score (nSPS) is 17.8. The highest BCUT2D eigenvalue weighted by Crippen LogP contribution is 2.33. The average molecular weight is 430 g/mol. The molecule has 0 bridgehead atoms. The van der Waals surface area contributed by atoms with E-state index in [2.05, 4.69) is 46.6 Å². The average Bonchev–Trinajstić information content (AvgIpc) is 3.35. The molecule has 2 aliphatic heterocycles. The van der Waals surface area contributed by atoms with Crippen LogP contribution in [0.15, 0.2) is 36.0 Å². The van der Waals surface area contributed by atoms with E-state index < -0.39 is 0 Å². The molecular weight excluding hydrogens is 398 g/mol. The first kappa shape index (κ1) is 20.8. The molecule has 156 valence electrons. The molecular formula is C23H31N3OS2. The number of aromatic nitrogens is 1. The van der Waals surface area contributed by atoms with Gasteiger partial charge in [-0.05, 0) is 54.3 Å². The number of thiophene rings is 2. The Bertz CT molecular complexity index is 843. The van der Waals surface area contributed by atoms with Crippen LogP contribution in [0.5, 0.6) is 5.06 Å². The van der Waals surface area contributed by atoms with Gasteiger partial charge in [-0.1, -0.05) is 13.8 Å². The number of fused-ring (bicyclic) bond motifs is 2. The van der Waals surface area contributed by atoms with Crippen molar-refractivity contribution in [3.8, 4) is 5.06 Å². The fourth-order valence-corrected chi connectivity index (χ4v) is 5.83. The predicted molar refractivity (Wildman–Crippen MR) is 124 cm³/mol. The number of nitrogens with zero attached hydrogens (tertiary/aromatic N) is 2. The summed E-state index contributed by atoms with van der Waals surface area (Å²) in [6.07, 6.45) is 7.63. The SMILES string of the molecule is CC(C)CN1CCC(Oc2cc3c(s2)CCNC3)CC1.c1cc2sccc2cn1. The lowest BCUT2D eigenvalue weighted by Gasteiger charge is -2.32. The van der Waals surface area contributed by atoms with Crippen molar-refractivity contribution in [2.45, 2.75) is 45.8 Å². The van der Waals surface area contributed by atoms with Crippen LogP contribution >= 0.6 is 22.7 Å². The molecule has 1 N–H and O–H groups in total. The smallest absolute Gasteiger partial charge is 0.174 e. The lowest BCUT2D eigenvalue weighted by molar-refractivity contribution is 0.0969. The van der Waals surface area contributed by atoms with Crippen LogP contribution in [0.3, 0.4) is 0 Å². The van der Waals surface area contributed by atoms with E-state index in [-0.39, 0.29) is 0 Å². The molecule has 0 aliphatic carbocycles. The van der Waals surface area contributed by atoms with Gasteiger partial charge in [0.15, 0.2) is 5.06 Å². The van der Waals surface area contributed by atoms with Crippen molar-refractivity contribution >= 4 is 32.8 Å². The highest BCUT2D eigenvalue weighted by Gasteiger charge is 2.22. The largest absolute Gasteiger partial charge is 0.481 e. The molecule has 0 radical (unpaired) electrons. The van der Waals surface area contributed by atoms with Crippen molar-refractivity contribution in [1.82, 2.24) is 15.2 Å². The zero-order valence-electron chi connectivity index (χ0n) is 17.4. The Kier molecular flexibility index (Phi) is 7.19. The number of nitrogens with one attached hydrogen (secondary N) is 1. The van der Waals surface area contributed by atoms with Gasteiger partial charge in [0.25, 0.3) is 0 Å². The summed E-state index contributed by atoms with van der Waals surface area (Å²) in [5.41, 5.74) is 1.45. The first-order valence-electron chi connectivity index (χ1n) is 10.7. The molecule has 0 aromatic carbocycles. The summed E-state index contributed by atoms with van der Waals surface area (Å²) in [6.45, 7) is 10.3. The maximum absolute atomic E-state index is 6.23. The number of ether oxygens (including phenoxy) is 1. The first-order chi connectivity index (χ1) is 14.2. The Hall–Kier alpha value is -1.47. The van der Waals surface area contributed by atoms with Gasteiger partial charge in [-0.2, -0.15) is 0 Å². The standard InChI is InChI=1S/C16H26N2OS.C7H5NS/c1-12(2)11-18-7-4-14(5-8-18)19-16-9-13-10-17-6-3-15(13)20-16;1-3-8-5-6-2-4-9-7(1)6/h9,12,14,17H,3-8,10-11H2,1-2H3;1-5H. The van der Waals surface area contributed by atoms with Crippen LogP contribution in [0, 0.1) is 5.92 Å². The van der Waals surface area contributed by atoms with E-state index in [9.17, 15) is 0 Å². The summed E-state index contributed by atoms with van der Waals surface area (Å²) < 4.78 is 7.54. The summed E-state index contributed by atoms with van der Waals surface area (Å²) in [5.74, 6) is 0.768. The lowest BCUT2D eigenvalue weighted by Crippen LogP contribution is -2.39. The zero-order valence-corrected chi connectivity index (χ0v) is 19.0. The Morgan fingerprint density at radius 3 is 2.90 bits per heavy atom. The van der Waals surface area contributed by atoms with E-state index in [0.29, 0.717) is 6.10 Å². The maximum Gasteiger partial charge on any atom is 0.174 e. The van der Waals surface area contributed by atoms with Gasteiger partial charge in [-0.3, -0.25) is 4.98 Å². The minimum absolute atomic E-state index is 0.423. The fourth-order valence-electron chi connectivity index (χ4n) is 3.98. The van der Waals surface area contributed by atoms with Gasteiger partial charge in [0.05, 0.1) is 0 Å². The van der Waals surface area contributed by atoms with Crippen LogP contribution in [0.2, 0.25) is 0 Å². The third-order valence-electron chi connectivity index (χ3n) is 5.41. The number of likely N-dealkylation sites (tertiary alicyclic amines) is 1. The van der Waals surface area contributed by atoms with E-state index in [1.54, 1.807) is 11.3 Å². The quantitative estimate of drug-likeness (QED) is 0.619. The van der Waals surface area contributed by atoms with Gasteiger partial charge in [-0.25, -0.2) is 0 Å². The fraction of sp³-hybridized carbons (Fsp3) is 0.522. The van der Waals surface area contributed by atoms with E-state index >= 15 is 0 Å². The number of hydrogen-bond donors (Lipinski definition) is 1. The van der Waals surface area contributed by atoms with Gasteiger partial charge in [-0.15, -0.1) is 22.7 Å². The second kappa shape index (κ2) is 10.0. The highest BCUT2D eigenvalue weighted by molar-refractivity contribution is 7.17. The molecule has 1 fully saturated rings. The van der Waals surface area contributed by atoms with Crippen LogP contribution in [0.1, 0.15) is 37.1 Å². The van der Waals surface area contributed by atoms with Crippen LogP contribution in [-0.4, -0.2) is 42.2 Å². The Labute approximate surface area is 181 Å². The zero-order chi connectivity index (χ0) is 20.1. The van der Waals surface area contributed by atoms with Crippen molar-refractivity contribution in [2.24, 2.45) is 5.92 Å². The Morgan fingerprint density at radius 2 is 2.14 bits per heavy atom. The number of rotatable bonds is 4. The molecule has 1 saturated heterocycles. The molecule has 0 amide bonds.